The number of nitrogens with one attached hydrogen (secondary N) is 2. The zero-order chi connectivity index (χ0) is 43.5. The highest BCUT2D eigenvalue weighted by atomic mass is 31.1. The number of fused-ring (bicyclic) bond motifs is 1. The average Bonchev–Trinajstić information content (AvgIpc) is 3.82. The van der Waals surface area contributed by atoms with Gasteiger partial charge in [-0.3, -0.25) is 29.0 Å². The van der Waals surface area contributed by atoms with Crippen LogP contribution in [0.3, 0.4) is 0 Å². The third-order valence-corrected chi connectivity index (χ3v) is 16.2. The van der Waals surface area contributed by atoms with E-state index in [0.29, 0.717) is 17.1 Å². The summed E-state index contributed by atoms with van der Waals surface area (Å²) < 4.78 is 52.3. The number of amides is 1. The fourth-order valence-corrected chi connectivity index (χ4v) is 8.77. The van der Waals surface area contributed by atoms with Crippen molar-refractivity contribution in [2.45, 2.75) is 69.0 Å². The predicted octanol–water partition coefficient (Wildman–Crippen LogP) is 7.45. The minimum Gasteiger partial charge on any atom is -0.497 e. The Kier molecular flexibility index (Phi) is 12.8. The zero-order valence-electron chi connectivity index (χ0n) is 34.9. The Morgan fingerprint density at radius 1 is 0.869 bits per heavy atom. The van der Waals surface area contributed by atoms with Gasteiger partial charge < -0.3 is 32.8 Å². The molecule has 6 aromatic rings. The second-order valence-corrected chi connectivity index (χ2v) is 21.7. The number of aromatic nitrogens is 4. The van der Waals surface area contributed by atoms with E-state index in [4.69, 9.17) is 27.9 Å². The molecule has 61 heavy (non-hydrogen) atoms. The molecular weight excluding hydrogens is 818 g/mol. The first-order chi connectivity index (χ1) is 29.1. The summed E-state index contributed by atoms with van der Waals surface area (Å²) in [6, 6.07) is 33.3. The SMILES string of the molecule is COc1ccc(C(OC2C(O[Si](C)(C)C(C)(C)C)[C@H](n3cnc4c(=O)[nH]c(NC(=O)c5ccccc5)nc43)O[C@@H]2CO[PH](=O)O)(c2ccccc2)c2ccc(OC)cc2)cc1. The lowest BCUT2D eigenvalue weighted by Gasteiger charge is -2.44. The summed E-state index contributed by atoms with van der Waals surface area (Å²) in [5.74, 6) is 0.681. The summed E-state index contributed by atoms with van der Waals surface area (Å²) in [4.78, 5) is 48.5. The molecule has 0 spiro atoms. The third-order valence-electron chi connectivity index (χ3n) is 11.4. The Morgan fingerprint density at radius 3 is 1.97 bits per heavy atom. The molecule has 0 bridgehead atoms. The maximum atomic E-state index is 13.5. The molecule has 7 rings (SSSR count). The van der Waals surface area contributed by atoms with E-state index in [0.717, 1.165) is 16.7 Å². The van der Waals surface area contributed by atoms with E-state index in [-0.39, 0.29) is 28.8 Å². The molecular formula is C44H50N5O10PSi. The van der Waals surface area contributed by atoms with Crippen LogP contribution in [0.4, 0.5) is 5.95 Å². The average molecular weight is 868 g/mol. The molecule has 0 aliphatic carbocycles. The number of benzene rings is 4. The van der Waals surface area contributed by atoms with Gasteiger partial charge in [0.2, 0.25) is 5.95 Å². The Hall–Kier alpha value is -5.45. The van der Waals surface area contributed by atoms with Crippen molar-refractivity contribution in [3.63, 3.8) is 0 Å². The van der Waals surface area contributed by atoms with E-state index in [1.165, 1.54) is 6.33 Å². The van der Waals surface area contributed by atoms with Crippen LogP contribution in [0.5, 0.6) is 11.5 Å². The molecule has 15 nitrogen and oxygen atoms in total. The van der Waals surface area contributed by atoms with Gasteiger partial charge in [-0.25, -0.2) is 4.98 Å². The highest BCUT2D eigenvalue weighted by Gasteiger charge is 2.55. The van der Waals surface area contributed by atoms with Crippen LogP contribution in [0.1, 0.15) is 54.0 Å². The number of nitrogens with zero attached hydrogens (tertiary/aromatic N) is 3. The molecule has 1 aliphatic rings. The summed E-state index contributed by atoms with van der Waals surface area (Å²) in [5, 5.41) is 2.38. The number of carbonyl (C=O) groups is 1. The number of ether oxygens (including phenoxy) is 4. The van der Waals surface area contributed by atoms with Gasteiger partial charge in [0.15, 0.2) is 25.7 Å². The number of hydrogen-bond acceptors (Lipinski definition) is 11. The highest BCUT2D eigenvalue weighted by Crippen LogP contribution is 2.49. The van der Waals surface area contributed by atoms with Gasteiger partial charge in [0.05, 0.1) is 27.2 Å². The number of carbonyl (C=O) groups excluding carboxylic acids is 1. The van der Waals surface area contributed by atoms with E-state index in [2.05, 4.69) is 54.1 Å². The zero-order valence-corrected chi connectivity index (χ0v) is 36.9. The second kappa shape index (κ2) is 17.9. The number of aromatic amines is 1. The maximum Gasteiger partial charge on any atom is 0.316 e. The summed E-state index contributed by atoms with van der Waals surface area (Å²) >= 11 is 0. The largest absolute Gasteiger partial charge is 0.497 e. The second-order valence-electron chi connectivity index (χ2n) is 16.1. The minimum absolute atomic E-state index is 0.0138. The van der Waals surface area contributed by atoms with Gasteiger partial charge in [0.25, 0.3) is 11.5 Å². The van der Waals surface area contributed by atoms with Crippen molar-refractivity contribution in [3.05, 3.63) is 148 Å². The molecule has 3 unspecified atom stereocenters. The van der Waals surface area contributed by atoms with Crippen LogP contribution < -0.4 is 20.3 Å². The summed E-state index contributed by atoms with van der Waals surface area (Å²) in [5.41, 5.74) is 0.696. The van der Waals surface area contributed by atoms with Crippen molar-refractivity contribution < 1.29 is 42.2 Å². The molecule has 4 aromatic carbocycles. The fourth-order valence-electron chi connectivity index (χ4n) is 7.18. The first-order valence-corrected chi connectivity index (χ1v) is 23.9. The summed E-state index contributed by atoms with van der Waals surface area (Å²) in [6.45, 7) is 10.2. The molecule has 1 fully saturated rings. The topological polar surface area (TPSA) is 185 Å². The quantitative estimate of drug-likeness (QED) is 0.0527. The molecule has 17 heteroatoms. The molecule has 5 atom stereocenters. The van der Waals surface area contributed by atoms with E-state index in [1.807, 2.05) is 78.9 Å². The van der Waals surface area contributed by atoms with Gasteiger partial charge >= 0.3 is 8.25 Å². The van der Waals surface area contributed by atoms with E-state index >= 15 is 0 Å². The molecule has 0 saturated carbocycles. The number of hydrogen-bond donors (Lipinski definition) is 3. The summed E-state index contributed by atoms with van der Waals surface area (Å²) in [7, 11) is -3.00. The van der Waals surface area contributed by atoms with Crippen LogP contribution >= 0.6 is 8.25 Å². The van der Waals surface area contributed by atoms with Gasteiger partial charge in [-0.2, -0.15) is 4.98 Å². The van der Waals surface area contributed by atoms with E-state index in [1.54, 1.807) is 49.1 Å². The van der Waals surface area contributed by atoms with Gasteiger partial charge in [-0.15, -0.1) is 0 Å². The van der Waals surface area contributed by atoms with Gasteiger partial charge in [0.1, 0.15) is 35.4 Å². The van der Waals surface area contributed by atoms with Gasteiger partial charge in [-0.1, -0.05) is 93.6 Å². The number of imidazole rings is 1. The van der Waals surface area contributed by atoms with Crippen LogP contribution in [0.25, 0.3) is 11.2 Å². The summed E-state index contributed by atoms with van der Waals surface area (Å²) in [6.07, 6.45) is -2.67. The number of rotatable bonds is 15. The Bertz CT molecular complexity index is 2480. The van der Waals surface area contributed by atoms with Crippen LogP contribution in [0.2, 0.25) is 18.1 Å². The first kappa shape index (κ1) is 43.6. The molecule has 1 aliphatic heterocycles. The minimum atomic E-state index is -3.45. The lowest BCUT2D eigenvalue weighted by Crippen LogP contribution is -2.52. The van der Waals surface area contributed by atoms with Crippen molar-refractivity contribution in [1.29, 1.82) is 0 Å². The highest BCUT2D eigenvalue weighted by molar-refractivity contribution is 7.32. The maximum absolute atomic E-state index is 13.5. The Balaban J connectivity index is 1.43. The monoisotopic (exact) mass is 867 g/mol. The molecule has 1 saturated heterocycles. The smallest absolute Gasteiger partial charge is 0.316 e. The van der Waals surface area contributed by atoms with E-state index in [9.17, 15) is 19.0 Å². The van der Waals surface area contributed by atoms with Crippen molar-refractivity contribution in [2.75, 3.05) is 26.1 Å². The van der Waals surface area contributed by atoms with E-state index < -0.39 is 58.2 Å². The van der Waals surface area contributed by atoms with Crippen LogP contribution in [-0.2, 0) is 28.6 Å². The molecule has 1 amide bonds. The molecule has 0 radical (unpaired) electrons. The Morgan fingerprint density at radius 2 is 1.43 bits per heavy atom. The standard InChI is InChI=1S/C44H50N5O10PSi/c1-43(2,3)61(6,7)59-37-36(58-44(29-16-12-9-13-17-29,30-18-22-32(54-4)23-19-30)31-20-24-33(55-5)25-21-31)34(26-56-60(52)53)57-41(37)49-27-45-35-38(49)46-42(48-40(35)51)47-39(50)28-14-10-8-11-15-28/h8-25,27,34,36-37,41,60H,26H2,1-7H3,(H,52,53)(H2,46,47,48,50,51)/t34-,36?,37?,41-/m1/s1. The van der Waals surface area contributed by atoms with Gasteiger partial charge in [-0.05, 0) is 71.2 Å². The first-order valence-electron chi connectivity index (χ1n) is 19.7. The van der Waals surface area contributed by atoms with Gasteiger partial charge in [0, 0.05) is 5.56 Å². The lowest BCUT2D eigenvalue weighted by atomic mass is 9.79. The Labute approximate surface area is 355 Å². The van der Waals surface area contributed by atoms with Crippen molar-refractivity contribution in [3.8, 4) is 11.5 Å². The molecule has 3 N–H and O–H groups in total. The van der Waals surface area contributed by atoms with Crippen molar-refractivity contribution in [2.24, 2.45) is 0 Å². The van der Waals surface area contributed by atoms with Crippen LogP contribution in [0, 0.1) is 0 Å². The number of methoxy groups -OCH3 is 2. The van der Waals surface area contributed by atoms with Crippen molar-refractivity contribution >= 4 is 39.6 Å². The molecule has 2 aromatic heterocycles. The van der Waals surface area contributed by atoms with Crippen LogP contribution in [0.15, 0.2) is 120 Å². The normalized spacial score (nSPS) is 18.8. The van der Waals surface area contributed by atoms with Crippen LogP contribution in [-0.4, -0.2) is 77.8 Å². The number of anilines is 1. The molecule has 320 valence electrons. The number of H-pyrrole nitrogens is 1. The third kappa shape index (κ3) is 8.97. The fraction of sp³-hybridized carbons (Fsp3) is 0.318. The molecule has 3 heterocycles. The predicted molar refractivity (Wildman–Crippen MR) is 233 cm³/mol. The lowest BCUT2D eigenvalue weighted by molar-refractivity contribution is -0.108. The van der Waals surface area contributed by atoms with Crippen molar-refractivity contribution in [1.82, 2.24) is 19.5 Å².